The summed E-state index contributed by atoms with van der Waals surface area (Å²) in [5.74, 6) is -3.49. The van der Waals surface area contributed by atoms with Gasteiger partial charge in [-0.3, -0.25) is 4.79 Å². The first-order valence-electron chi connectivity index (χ1n) is 10.1. The maximum absolute atomic E-state index is 14.5. The lowest BCUT2D eigenvalue weighted by Gasteiger charge is -2.25. The van der Waals surface area contributed by atoms with Crippen LogP contribution in [0.1, 0.15) is 31.9 Å². The van der Waals surface area contributed by atoms with Crippen LogP contribution in [0.15, 0.2) is 23.1 Å². The summed E-state index contributed by atoms with van der Waals surface area (Å²) in [6.07, 6.45) is -0.802. The van der Waals surface area contributed by atoms with E-state index < -0.39 is 54.0 Å². The number of halogens is 1. The molecule has 0 bridgehead atoms. The summed E-state index contributed by atoms with van der Waals surface area (Å²) in [6.45, 7) is 3.98. The van der Waals surface area contributed by atoms with Gasteiger partial charge < -0.3 is 25.0 Å². The van der Waals surface area contributed by atoms with Crippen LogP contribution >= 0.6 is 0 Å². The number of ether oxygens (including phenoxy) is 2. The van der Waals surface area contributed by atoms with Gasteiger partial charge in [0.05, 0.1) is 24.8 Å². The number of nitrogens with one attached hydrogen (secondary N) is 1. The van der Waals surface area contributed by atoms with Crippen LogP contribution in [0.25, 0.3) is 0 Å². The third-order valence-corrected chi connectivity index (χ3v) is 5.05. The molecular weight excluding hydrogens is 413 g/mol. The van der Waals surface area contributed by atoms with Crippen molar-refractivity contribution < 1.29 is 33.7 Å². The van der Waals surface area contributed by atoms with Gasteiger partial charge in [-0.15, -0.1) is 5.10 Å². The van der Waals surface area contributed by atoms with Crippen molar-refractivity contribution in [2.45, 2.75) is 64.1 Å². The average molecular weight is 439 g/mol. The van der Waals surface area contributed by atoms with Gasteiger partial charge in [0.15, 0.2) is 11.7 Å². The molecule has 2 aliphatic rings. The fourth-order valence-electron chi connectivity index (χ4n) is 3.43. The van der Waals surface area contributed by atoms with E-state index in [2.05, 4.69) is 20.6 Å². The molecule has 0 spiro atoms. The topological polar surface area (TPSA) is 148 Å². The first kappa shape index (κ1) is 23.0. The zero-order chi connectivity index (χ0) is 22.5. The third kappa shape index (κ3) is 5.51. The number of carbonyl (C=O) groups excluding carboxylic acids is 2. The molecule has 3 heterocycles. The predicted molar refractivity (Wildman–Crippen MR) is 105 cm³/mol. The van der Waals surface area contributed by atoms with Gasteiger partial charge in [-0.05, 0) is 19.4 Å². The van der Waals surface area contributed by atoms with E-state index in [1.165, 1.54) is 4.68 Å². The first-order chi connectivity index (χ1) is 14.8. The Hall–Kier alpha value is -2.70. The van der Waals surface area contributed by atoms with Gasteiger partial charge in [0.1, 0.15) is 24.4 Å². The number of carbonyl (C=O) groups is 2. The number of aromatic nitrogens is 3. The smallest absolute Gasteiger partial charge is 0.435 e. The molecule has 3 rings (SSSR count). The molecule has 12 heteroatoms. The molecule has 0 aliphatic carbocycles. The fraction of sp³-hybridized carbons (Fsp3) is 0.632. The lowest BCUT2D eigenvalue weighted by Crippen LogP contribution is -2.47. The number of nitrogens with zero attached hydrogens (tertiary/aromatic N) is 4. The number of aliphatic imine (C=N–C) groups is 1. The lowest BCUT2D eigenvalue weighted by molar-refractivity contribution is -0.128. The summed E-state index contributed by atoms with van der Waals surface area (Å²) < 4.78 is 26.5. The standard InChI is InChI=1S/C19H26FN5O6/c1-3-4-5-6-30-19(29)22-17-12(20)7-11(18(28)21-17)16-15(27)14(26)13(31-16)9-25-8-10(2)23-24-25/h7-8,11,13-16,26-27H,3-6,9H2,1-2H3,(H,21,22,28,29)/t11?,13-,14-,15-,16+/m1/s1. The van der Waals surface area contributed by atoms with E-state index in [1.807, 2.05) is 6.92 Å². The minimum atomic E-state index is -1.43. The zero-order valence-electron chi connectivity index (χ0n) is 17.3. The van der Waals surface area contributed by atoms with Gasteiger partial charge in [-0.25, -0.2) is 13.9 Å². The van der Waals surface area contributed by atoms with Crippen LogP contribution in [0.4, 0.5) is 9.18 Å². The minimum absolute atomic E-state index is 0.0900. The molecule has 2 amide bonds. The molecule has 5 atom stereocenters. The summed E-state index contributed by atoms with van der Waals surface area (Å²) in [5, 5.41) is 30.5. The Morgan fingerprint density at radius 1 is 1.39 bits per heavy atom. The summed E-state index contributed by atoms with van der Waals surface area (Å²) in [5.41, 5.74) is 0.664. The van der Waals surface area contributed by atoms with Crippen molar-refractivity contribution in [1.82, 2.24) is 20.3 Å². The molecule has 0 radical (unpaired) electrons. The normalized spacial score (nSPS) is 29.7. The zero-order valence-corrected chi connectivity index (χ0v) is 17.3. The van der Waals surface area contributed by atoms with Crippen LogP contribution in [0.3, 0.4) is 0 Å². The van der Waals surface area contributed by atoms with Crippen molar-refractivity contribution in [2.75, 3.05) is 6.61 Å². The Labute approximate surface area is 177 Å². The van der Waals surface area contributed by atoms with Gasteiger partial charge in [0, 0.05) is 6.20 Å². The highest BCUT2D eigenvalue weighted by molar-refractivity contribution is 6.13. The van der Waals surface area contributed by atoms with Gasteiger partial charge in [0.25, 0.3) is 0 Å². The number of aliphatic hydroxyl groups is 2. The summed E-state index contributed by atoms with van der Waals surface area (Å²) in [7, 11) is 0. The number of amides is 2. The molecule has 1 unspecified atom stereocenters. The maximum Gasteiger partial charge on any atom is 0.435 e. The van der Waals surface area contributed by atoms with E-state index in [1.54, 1.807) is 13.1 Å². The summed E-state index contributed by atoms with van der Waals surface area (Å²) in [4.78, 5) is 27.6. The SMILES string of the molecule is CCCCCOC(=O)N=C1NC(=O)C([C@@H]2O[C@H](Cn3cc(C)nn3)[C@@H](O)[C@H]2O)C=C1F. The number of unbranched alkanes of at least 4 members (excludes halogenated alkanes) is 2. The maximum atomic E-state index is 14.5. The molecule has 2 aliphatic heterocycles. The number of hydrogen-bond donors (Lipinski definition) is 3. The number of hydrogen-bond acceptors (Lipinski definition) is 8. The number of aliphatic hydroxyl groups excluding tert-OH is 2. The summed E-state index contributed by atoms with van der Waals surface area (Å²) >= 11 is 0. The molecule has 31 heavy (non-hydrogen) atoms. The van der Waals surface area contributed by atoms with E-state index in [0.717, 1.165) is 18.9 Å². The summed E-state index contributed by atoms with van der Waals surface area (Å²) in [6, 6.07) is 0. The average Bonchev–Trinajstić information content (AvgIpc) is 3.26. The largest absolute Gasteiger partial charge is 0.448 e. The van der Waals surface area contributed by atoms with E-state index >= 15 is 0 Å². The molecular formula is C19H26FN5O6. The van der Waals surface area contributed by atoms with Crippen LogP contribution in [0.2, 0.25) is 0 Å². The predicted octanol–water partition coefficient (Wildman–Crippen LogP) is 0.400. The number of rotatable bonds is 7. The van der Waals surface area contributed by atoms with E-state index in [4.69, 9.17) is 9.47 Å². The highest BCUT2D eigenvalue weighted by Crippen LogP contribution is 2.31. The number of aryl methyl sites for hydroxylation is 1. The van der Waals surface area contributed by atoms with Crippen molar-refractivity contribution in [3.05, 3.63) is 23.8 Å². The Morgan fingerprint density at radius 2 is 2.16 bits per heavy atom. The van der Waals surface area contributed by atoms with Crippen LogP contribution in [0.5, 0.6) is 0 Å². The molecule has 0 aromatic carbocycles. The van der Waals surface area contributed by atoms with Crippen molar-refractivity contribution in [2.24, 2.45) is 10.9 Å². The van der Waals surface area contributed by atoms with Crippen molar-refractivity contribution in [1.29, 1.82) is 0 Å². The second-order valence-electron chi connectivity index (χ2n) is 7.51. The van der Waals surface area contributed by atoms with Gasteiger partial charge in [-0.2, -0.15) is 4.99 Å². The van der Waals surface area contributed by atoms with E-state index in [9.17, 15) is 24.2 Å². The van der Waals surface area contributed by atoms with Crippen LogP contribution in [0, 0.1) is 12.8 Å². The minimum Gasteiger partial charge on any atom is -0.448 e. The van der Waals surface area contributed by atoms with Gasteiger partial charge >= 0.3 is 6.09 Å². The second kappa shape index (κ2) is 10.1. The molecule has 0 saturated carbocycles. The fourth-order valence-corrected chi connectivity index (χ4v) is 3.43. The molecule has 1 saturated heterocycles. The molecule has 1 fully saturated rings. The van der Waals surface area contributed by atoms with Gasteiger partial charge in [-0.1, -0.05) is 25.0 Å². The van der Waals surface area contributed by atoms with Gasteiger partial charge in [0.2, 0.25) is 5.91 Å². The molecule has 1 aromatic heterocycles. The van der Waals surface area contributed by atoms with Crippen molar-refractivity contribution in [3.8, 4) is 0 Å². The van der Waals surface area contributed by atoms with Crippen LogP contribution < -0.4 is 5.32 Å². The first-order valence-corrected chi connectivity index (χ1v) is 10.1. The molecule has 3 N–H and O–H groups in total. The quantitative estimate of drug-likeness (QED) is 0.517. The van der Waals surface area contributed by atoms with Crippen molar-refractivity contribution >= 4 is 17.8 Å². The monoisotopic (exact) mass is 439 g/mol. The Bertz CT molecular complexity index is 872. The van der Waals surface area contributed by atoms with Crippen LogP contribution in [-0.2, 0) is 20.8 Å². The Morgan fingerprint density at radius 3 is 2.84 bits per heavy atom. The highest BCUT2D eigenvalue weighted by atomic mass is 19.1. The third-order valence-electron chi connectivity index (χ3n) is 5.05. The molecule has 1 aromatic rings. The van der Waals surface area contributed by atoms with E-state index in [-0.39, 0.29) is 13.2 Å². The van der Waals surface area contributed by atoms with E-state index in [0.29, 0.717) is 12.1 Å². The molecule has 170 valence electrons. The Kier molecular flexibility index (Phi) is 7.46. The second-order valence-corrected chi connectivity index (χ2v) is 7.51. The van der Waals surface area contributed by atoms with Crippen molar-refractivity contribution in [3.63, 3.8) is 0 Å². The Balaban J connectivity index is 1.65. The number of amidine groups is 1. The molecule has 11 nitrogen and oxygen atoms in total. The van der Waals surface area contributed by atoms with Crippen LogP contribution in [-0.4, -0.2) is 74.1 Å². The highest BCUT2D eigenvalue weighted by Gasteiger charge is 2.49. The lowest BCUT2D eigenvalue weighted by atomic mass is 9.92.